The Morgan fingerprint density at radius 3 is 2.28 bits per heavy atom. The van der Waals surface area contributed by atoms with E-state index in [0.717, 1.165) is 19.5 Å². The number of carbonyl (C=O) groups is 2. The summed E-state index contributed by atoms with van der Waals surface area (Å²) in [6.45, 7) is 6.36. The highest BCUT2D eigenvalue weighted by molar-refractivity contribution is 6.01. The lowest BCUT2D eigenvalue weighted by Crippen LogP contribution is -2.38. The minimum Gasteiger partial charge on any atom is -0.327 e. The van der Waals surface area contributed by atoms with E-state index >= 15 is 0 Å². The van der Waals surface area contributed by atoms with E-state index in [4.69, 9.17) is 5.73 Å². The largest absolute Gasteiger partial charge is 0.327 e. The van der Waals surface area contributed by atoms with E-state index in [-0.39, 0.29) is 17.9 Å². The molecule has 1 unspecified atom stereocenters. The van der Waals surface area contributed by atoms with Crippen molar-refractivity contribution >= 4 is 11.8 Å². The number of likely N-dealkylation sites (tertiary alicyclic amines) is 1. The fourth-order valence-electron chi connectivity index (χ4n) is 1.96. The first-order valence-electron chi connectivity index (χ1n) is 6.69. The van der Waals surface area contributed by atoms with Crippen LogP contribution in [0.3, 0.4) is 0 Å². The van der Waals surface area contributed by atoms with Crippen molar-refractivity contribution < 1.29 is 9.59 Å². The third-order valence-corrected chi connectivity index (χ3v) is 3.56. The van der Waals surface area contributed by atoms with Crippen LogP contribution in [0.4, 0.5) is 0 Å². The number of carbonyl (C=O) groups excluding carboxylic acids is 2. The molecule has 18 heavy (non-hydrogen) atoms. The van der Waals surface area contributed by atoms with Gasteiger partial charge in [-0.25, -0.2) is 0 Å². The molecule has 0 bridgehead atoms. The third kappa shape index (κ3) is 4.38. The second-order valence-corrected chi connectivity index (χ2v) is 5.44. The Kier molecular flexibility index (Phi) is 5.75. The van der Waals surface area contributed by atoms with E-state index in [1.807, 2.05) is 7.05 Å². The van der Waals surface area contributed by atoms with E-state index < -0.39 is 0 Å². The second kappa shape index (κ2) is 6.85. The lowest BCUT2D eigenvalue weighted by atomic mass is 10.0. The molecule has 1 atom stereocenters. The fraction of sp³-hybridized carbons (Fsp3) is 0.846. The van der Waals surface area contributed by atoms with Crippen molar-refractivity contribution in [3.63, 3.8) is 0 Å². The Morgan fingerprint density at radius 1 is 1.22 bits per heavy atom. The van der Waals surface area contributed by atoms with Gasteiger partial charge in [-0.05, 0) is 25.9 Å². The maximum Gasteiger partial charge on any atom is 0.229 e. The highest BCUT2D eigenvalue weighted by Gasteiger charge is 2.28. The maximum absolute atomic E-state index is 11.4. The van der Waals surface area contributed by atoms with Crippen LogP contribution in [0.2, 0.25) is 0 Å². The van der Waals surface area contributed by atoms with Gasteiger partial charge in [-0.2, -0.15) is 0 Å². The molecule has 1 aliphatic rings. The van der Waals surface area contributed by atoms with Crippen molar-refractivity contribution in [3.8, 4) is 0 Å². The molecule has 0 spiro atoms. The normalized spacial score (nSPS) is 18.2. The monoisotopic (exact) mass is 255 g/mol. The molecule has 5 nitrogen and oxygen atoms in total. The van der Waals surface area contributed by atoms with Gasteiger partial charge in [-0.1, -0.05) is 13.8 Å². The number of likely N-dealkylation sites (N-methyl/N-ethyl adjacent to an activating group) is 1. The van der Waals surface area contributed by atoms with Gasteiger partial charge in [0.15, 0.2) is 0 Å². The number of imide groups is 1. The van der Waals surface area contributed by atoms with Crippen molar-refractivity contribution in [2.24, 2.45) is 11.7 Å². The van der Waals surface area contributed by atoms with Gasteiger partial charge in [-0.15, -0.1) is 0 Å². The van der Waals surface area contributed by atoms with Gasteiger partial charge < -0.3 is 10.6 Å². The molecule has 104 valence electrons. The standard InChI is InChI=1S/C13H25N3O2/c1-10(2)11(14)6-7-15(3)8-9-16-12(17)4-5-13(16)18/h10-11H,4-9,14H2,1-3H3. The van der Waals surface area contributed by atoms with Gasteiger partial charge in [0.1, 0.15) is 0 Å². The fourth-order valence-corrected chi connectivity index (χ4v) is 1.96. The number of nitrogens with two attached hydrogens (primary N) is 1. The van der Waals surface area contributed by atoms with Crippen LogP contribution < -0.4 is 5.73 Å². The lowest BCUT2D eigenvalue weighted by Gasteiger charge is -2.23. The van der Waals surface area contributed by atoms with Gasteiger partial charge >= 0.3 is 0 Å². The molecule has 2 amide bonds. The predicted octanol–water partition coefficient (Wildman–Crippen LogP) is 0.441. The first kappa shape index (κ1) is 15.1. The zero-order chi connectivity index (χ0) is 13.7. The van der Waals surface area contributed by atoms with Gasteiger partial charge in [0, 0.05) is 32.0 Å². The number of hydrogen-bond donors (Lipinski definition) is 1. The average Bonchev–Trinajstić information content (AvgIpc) is 2.63. The van der Waals surface area contributed by atoms with Gasteiger partial charge in [-0.3, -0.25) is 14.5 Å². The highest BCUT2D eigenvalue weighted by atomic mass is 16.2. The van der Waals surface area contributed by atoms with Crippen LogP contribution in [-0.2, 0) is 9.59 Å². The Hall–Kier alpha value is -0.940. The van der Waals surface area contributed by atoms with Crippen LogP contribution in [0.5, 0.6) is 0 Å². The Morgan fingerprint density at radius 2 is 1.78 bits per heavy atom. The summed E-state index contributed by atoms with van der Waals surface area (Å²) in [6, 6.07) is 0.211. The van der Waals surface area contributed by atoms with E-state index in [9.17, 15) is 9.59 Å². The SMILES string of the molecule is CC(C)C(N)CCN(C)CCN1C(=O)CCC1=O. The molecule has 0 radical (unpaired) electrons. The molecule has 5 heteroatoms. The maximum atomic E-state index is 11.4. The number of rotatable bonds is 7. The smallest absolute Gasteiger partial charge is 0.229 e. The minimum atomic E-state index is -0.0349. The summed E-state index contributed by atoms with van der Waals surface area (Å²) in [7, 11) is 2.00. The summed E-state index contributed by atoms with van der Waals surface area (Å²) >= 11 is 0. The quantitative estimate of drug-likeness (QED) is 0.670. The number of hydrogen-bond acceptors (Lipinski definition) is 4. The van der Waals surface area contributed by atoms with Crippen LogP contribution in [-0.4, -0.2) is 54.3 Å². The minimum absolute atomic E-state index is 0.0349. The van der Waals surface area contributed by atoms with Crippen molar-refractivity contribution in [3.05, 3.63) is 0 Å². The summed E-state index contributed by atoms with van der Waals surface area (Å²) in [5, 5.41) is 0. The first-order valence-corrected chi connectivity index (χ1v) is 6.69. The molecule has 1 rings (SSSR count). The van der Waals surface area contributed by atoms with E-state index in [1.54, 1.807) is 0 Å². The van der Waals surface area contributed by atoms with E-state index in [0.29, 0.717) is 25.3 Å². The molecule has 0 saturated carbocycles. The van der Waals surface area contributed by atoms with Crippen molar-refractivity contribution in [2.45, 2.75) is 39.2 Å². The third-order valence-electron chi connectivity index (χ3n) is 3.56. The lowest BCUT2D eigenvalue weighted by molar-refractivity contribution is -0.138. The zero-order valence-electron chi connectivity index (χ0n) is 11.7. The van der Waals surface area contributed by atoms with Crippen LogP contribution >= 0.6 is 0 Å². The molecular weight excluding hydrogens is 230 g/mol. The number of amides is 2. The summed E-state index contributed by atoms with van der Waals surface area (Å²) in [5.74, 6) is 0.416. The molecule has 1 fully saturated rings. The van der Waals surface area contributed by atoms with Crippen LogP contribution in [0.15, 0.2) is 0 Å². The molecule has 0 aromatic carbocycles. The van der Waals surface area contributed by atoms with Crippen LogP contribution in [0.25, 0.3) is 0 Å². The van der Waals surface area contributed by atoms with E-state index in [2.05, 4.69) is 18.7 Å². The molecule has 1 heterocycles. The van der Waals surface area contributed by atoms with Gasteiger partial charge in [0.2, 0.25) is 11.8 Å². The topological polar surface area (TPSA) is 66.6 Å². The van der Waals surface area contributed by atoms with Crippen molar-refractivity contribution in [2.75, 3.05) is 26.7 Å². The second-order valence-electron chi connectivity index (χ2n) is 5.44. The average molecular weight is 255 g/mol. The van der Waals surface area contributed by atoms with Gasteiger partial charge in [0.05, 0.1) is 0 Å². The molecule has 0 aromatic heterocycles. The summed E-state index contributed by atoms with van der Waals surface area (Å²) in [4.78, 5) is 26.3. The Balaban J connectivity index is 2.22. The molecule has 0 aromatic rings. The van der Waals surface area contributed by atoms with Crippen molar-refractivity contribution in [1.82, 2.24) is 9.80 Å². The first-order chi connectivity index (χ1) is 8.41. The molecule has 1 aliphatic heterocycles. The summed E-state index contributed by atoms with van der Waals surface area (Å²) in [6.07, 6.45) is 1.69. The van der Waals surface area contributed by atoms with Crippen molar-refractivity contribution in [1.29, 1.82) is 0 Å². The molecule has 1 saturated heterocycles. The molecule has 2 N–H and O–H groups in total. The molecular formula is C13H25N3O2. The van der Waals surface area contributed by atoms with Crippen LogP contribution in [0.1, 0.15) is 33.1 Å². The zero-order valence-corrected chi connectivity index (χ0v) is 11.7. The highest BCUT2D eigenvalue weighted by Crippen LogP contribution is 2.11. The Bertz CT molecular complexity index is 289. The molecule has 0 aliphatic carbocycles. The van der Waals surface area contributed by atoms with E-state index in [1.165, 1.54) is 4.90 Å². The van der Waals surface area contributed by atoms with Crippen LogP contribution in [0, 0.1) is 5.92 Å². The Labute approximate surface area is 109 Å². The number of nitrogens with zero attached hydrogens (tertiary/aromatic N) is 2. The summed E-state index contributed by atoms with van der Waals surface area (Å²) < 4.78 is 0. The predicted molar refractivity (Wildman–Crippen MR) is 70.9 cm³/mol. The summed E-state index contributed by atoms with van der Waals surface area (Å²) in [5.41, 5.74) is 5.98. The van der Waals surface area contributed by atoms with Gasteiger partial charge in [0.25, 0.3) is 0 Å².